The minimum atomic E-state index is -0.417. The molecule has 0 saturated carbocycles. The monoisotopic (exact) mass is 548 g/mol. The van der Waals surface area contributed by atoms with Crippen LogP contribution in [0, 0.1) is 0 Å². The first-order valence-corrected chi connectivity index (χ1v) is 13.8. The van der Waals surface area contributed by atoms with Crippen LogP contribution in [0.1, 0.15) is 22.3 Å². The van der Waals surface area contributed by atoms with Crippen molar-refractivity contribution in [3.8, 4) is 33.4 Å². The molecule has 0 spiro atoms. The fraction of sp³-hybridized carbons (Fsp3) is 0.0270. The van der Waals surface area contributed by atoms with E-state index in [1.165, 1.54) is 55.6 Å². The van der Waals surface area contributed by atoms with E-state index < -0.39 is 5.41 Å². The van der Waals surface area contributed by atoms with Crippen LogP contribution < -0.4 is 0 Å². The molecule has 0 aromatic heterocycles. The summed E-state index contributed by atoms with van der Waals surface area (Å²) in [7, 11) is 0. The van der Waals surface area contributed by atoms with E-state index in [0.29, 0.717) is 0 Å². The SMILES string of the molecule is Brc1ccc2c(c1)C(c1ccc(-c3ccccc3)cc1)(c1ccc(-c3ccccc3)cc1)c1ccccc1-2. The number of rotatable bonds is 4. The Labute approximate surface area is 232 Å². The Morgan fingerprint density at radius 3 is 1.37 bits per heavy atom. The minimum Gasteiger partial charge on any atom is -0.0622 e. The lowest BCUT2D eigenvalue weighted by atomic mass is 9.67. The van der Waals surface area contributed by atoms with Crippen LogP contribution in [0.25, 0.3) is 33.4 Å². The summed E-state index contributed by atoms with van der Waals surface area (Å²) in [4.78, 5) is 0. The summed E-state index contributed by atoms with van der Waals surface area (Å²) >= 11 is 3.79. The van der Waals surface area contributed by atoms with Gasteiger partial charge in [0.1, 0.15) is 0 Å². The molecule has 0 radical (unpaired) electrons. The van der Waals surface area contributed by atoms with Gasteiger partial charge in [0.15, 0.2) is 0 Å². The molecule has 7 rings (SSSR count). The molecule has 0 amide bonds. The second kappa shape index (κ2) is 9.28. The molecule has 180 valence electrons. The zero-order valence-electron chi connectivity index (χ0n) is 20.8. The van der Waals surface area contributed by atoms with Crippen LogP contribution in [-0.4, -0.2) is 0 Å². The zero-order valence-corrected chi connectivity index (χ0v) is 22.4. The Kier molecular flexibility index (Phi) is 5.60. The van der Waals surface area contributed by atoms with Gasteiger partial charge in [-0.3, -0.25) is 0 Å². The lowest BCUT2D eigenvalue weighted by molar-refractivity contribution is 0.768. The third kappa shape index (κ3) is 3.58. The van der Waals surface area contributed by atoms with Gasteiger partial charge in [-0.05, 0) is 67.8 Å². The fourth-order valence-corrected chi connectivity index (χ4v) is 6.49. The van der Waals surface area contributed by atoms with Crippen molar-refractivity contribution >= 4 is 15.9 Å². The highest BCUT2D eigenvalue weighted by molar-refractivity contribution is 9.10. The van der Waals surface area contributed by atoms with E-state index in [2.05, 4.69) is 168 Å². The molecule has 1 aliphatic carbocycles. The van der Waals surface area contributed by atoms with Gasteiger partial charge in [-0.1, -0.05) is 155 Å². The summed E-state index contributed by atoms with van der Waals surface area (Å²) in [5.41, 5.74) is 12.3. The lowest BCUT2D eigenvalue weighted by Gasteiger charge is -2.34. The van der Waals surface area contributed by atoms with Crippen LogP contribution in [0.5, 0.6) is 0 Å². The predicted molar refractivity (Wildman–Crippen MR) is 162 cm³/mol. The molecule has 1 aliphatic rings. The summed E-state index contributed by atoms with van der Waals surface area (Å²) in [6.45, 7) is 0. The topological polar surface area (TPSA) is 0 Å². The quantitative estimate of drug-likeness (QED) is 0.205. The molecule has 0 nitrogen and oxygen atoms in total. The van der Waals surface area contributed by atoms with Crippen LogP contribution in [0.15, 0.2) is 156 Å². The molecule has 0 atom stereocenters. The number of fused-ring (bicyclic) bond motifs is 3. The van der Waals surface area contributed by atoms with Crippen molar-refractivity contribution in [2.45, 2.75) is 5.41 Å². The number of halogens is 1. The van der Waals surface area contributed by atoms with Crippen LogP contribution in [0.4, 0.5) is 0 Å². The normalized spacial score (nSPS) is 13.1. The van der Waals surface area contributed by atoms with Crippen LogP contribution >= 0.6 is 15.9 Å². The van der Waals surface area contributed by atoms with Crippen molar-refractivity contribution in [3.63, 3.8) is 0 Å². The maximum atomic E-state index is 3.79. The van der Waals surface area contributed by atoms with Crippen molar-refractivity contribution in [3.05, 3.63) is 178 Å². The lowest BCUT2D eigenvalue weighted by Crippen LogP contribution is -2.28. The average Bonchev–Trinajstić information content (AvgIpc) is 3.28. The van der Waals surface area contributed by atoms with Crippen molar-refractivity contribution < 1.29 is 0 Å². The van der Waals surface area contributed by atoms with Crippen LogP contribution in [-0.2, 0) is 5.41 Å². The van der Waals surface area contributed by atoms with Gasteiger partial charge in [-0.25, -0.2) is 0 Å². The summed E-state index contributed by atoms with van der Waals surface area (Å²) in [6, 6.07) is 55.2. The van der Waals surface area contributed by atoms with Crippen molar-refractivity contribution in [1.29, 1.82) is 0 Å². The van der Waals surface area contributed by atoms with Gasteiger partial charge in [-0.2, -0.15) is 0 Å². The van der Waals surface area contributed by atoms with Gasteiger partial charge in [0.2, 0.25) is 0 Å². The van der Waals surface area contributed by atoms with E-state index in [9.17, 15) is 0 Å². The third-order valence-corrected chi connectivity index (χ3v) is 8.35. The van der Waals surface area contributed by atoms with Crippen molar-refractivity contribution in [1.82, 2.24) is 0 Å². The highest BCUT2D eigenvalue weighted by Crippen LogP contribution is 2.56. The standard InChI is InChI=1S/C37H25Br/c38-32-23-24-34-33-13-7-8-14-35(33)37(36(34)25-32,30-19-15-28(16-20-30)26-9-3-1-4-10-26)31-21-17-29(18-22-31)27-11-5-2-6-12-27/h1-25H. The summed E-state index contributed by atoms with van der Waals surface area (Å²) in [5.74, 6) is 0. The molecule has 0 fully saturated rings. The smallest absolute Gasteiger partial charge is 0.0622 e. The second-order valence-electron chi connectivity index (χ2n) is 9.87. The highest BCUT2D eigenvalue weighted by Gasteiger charge is 2.46. The maximum absolute atomic E-state index is 3.79. The number of hydrogen-bond donors (Lipinski definition) is 0. The largest absolute Gasteiger partial charge is 0.0713 e. The molecule has 38 heavy (non-hydrogen) atoms. The predicted octanol–water partition coefficient (Wildman–Crippen LogP) is 10.1. The first kappa shape index (κ1) is 23.0. The van der Waals surface area contributed by atoms with Gasteiger partial charge in [0.05, 0.1) is 5.41 Å². The number of hydrogen-bond acceptors (Lipinski definition) is 0. The molecule has 0 N–H and O–H groups in total. The maximum Gasteiger partial charge on any atom is 0.0713 e. The first-order valence-electron chi connectivity index (χ1n) is 13.0. The Morgan fingerprint density at radius 2 is 0.816 bits per heavy atom. The molecule has 0 unspecified atom stereocenters. The van der Waals surface area contributed by atoms with Gasteiger partial charge in [-0.15, -0.1) is 0 Å². The summed E-state index contributed by atoms with van der Waals surface area (Å²) in [5, 5.41) is 0. The molecular formula is C37H25Br. The van der Waals surface area contributed by atoms with Crippen molar-refractivity contribution in [2.75, 3.05) is 0 Å². The first-order chi connectivity index (χ1) is 18.7. The van der Waals surface area contributed by atoms with Crippen LogP contribution in [0.3, 0.4) is 0 Å². The minimum absolute atomic E-state index is 0.417. The van der Waals surface area contributed by atoms with Crippen LogP contribution in [0.2, 0.25) is 0 Å². The molecule has 0 heterocycles. The Balaban J connectivity index is 1.48. The molecule has 0 bridgehead atoms. The Hall–Kier alpha value is -4.20. The van der Waals surface area contributed by atoms with Gasteiger partial charge >= 0.3 is 0 Å². The van der Waals surface area contributed by atoms with E-state index >= 15 is 0 Å². The zero-order chi connectivity index (χ0) is 25.5. The Bertz CT molecular complexity index is 1650. The fourth-order valence-electron chi connectivity index (χ4n) is 6.13. The highest BCUT2D eigenvalue weighted by atomic mass is 79.9. The molecule has 0 aliphatic heterocycles. The molecule has 6 aromatic carbocycles. The molecular weight excluding hydrogens is 524 g/mol. The second-order valence-corrected chi connectivity index (χ2v) is 10.8. The van der Waals surface area contributed by atoms with E-state index in [1.54, 1.807) is 0 Å². The molecule has 6 aromatic rings. The van der Waals surface area contributed by atoms with E-state index in [4.69, 9.17) is 0 Å². The summed E-state index contributed by atoms with van der Waals surface area (Å²) in [6.07, 6.45) is 0. The van der Waals surface area contributed by atoms with E-state index in [0.717, 1.165) is 4.47 Å². The van der Waals surface area contributed by atoms with Gasteiger partial charge in [0.25, 0.3) is 0 Å². The van der Waals surface area contributed by atoms with E-state index in [1.807, 2.05) is 0 Å². The molecule has 0 saturated heterocycles. The third-order valence-electron chi connectivity index (χ3n) is 7.86. The Morgan fingerprint density at radius 1 is 0.368 bits per heavy atom. The van der Waals surface area contributed by atoms with Gasteiger partial charge in [0, 0.05) is 4.47 Å². The number of benzene rings is 6. The summed E-state index contributed by atoms with van der Waals surface area (Å²) < 4.78 is 1.09. The van der Waals surface area contributed by atoms with E-state index in [-0.39, 0.29) is 0 Å². The van der Waals surface area contributed by atoms with Gasteiger partial charge < -0.3 is 0 Å². The molecule has 1 heteroatoms. The van der Waals surface area contributed by atoms with Crippen molar-refractivity contribution in [2.24, 2.45) is 0 Å². The average molecular weight is 550 g/mol.